The fourth-order valence-electron chi connectivity index (χ4n) is 5.16. The summed E-state index contributed by atoms with van der Waals surface area (Å²) in [6.45, 7) is 2.16. The van der Waals surface area contributed by atoms with Gasteiger partial charge in [-0.05, 0) is 29.7 Å². The highest BCUT2D eigenvalue weighted by atomic mass is 35.5. The molecule has 2 amide bonds. The topological polar surface area (TPSA) is 193 Å². The summed E-state index contributed by atoms with van der Waals surface area (Å²) in [5.74, 6) is -2.67. The molecule has 3 aromatic rings. The Morgan fingerprint density at radius 3 is 2.80 bits per heavy atom. The van der Waals surface area contributed by atoms with Gasteiger partial charge in [-0.2, -0.15) is 10.4 Å². The number of halogens is 2. The maximum Gasteiger partial charge on any atom is 0.328 e. The van der Waals surface area contributed by atoms with Crippen molar-refractivity contribution in [2.24, 2.45) is 4.99 Å². The summed E-state index contributed by atoms with van der Waals surface area (Å²) in [5.41, 5.74) is 2.03. The smallest absolute Gasteiger partial charge is 0.328 e. The number of aromatic amines is 1. The van der Waals surface area contributed by atoms with Crippen molar-refractivity contribution < 1.29 is 29.0 Å². The third kappa shape index (κ3) is 6.57. The van der Waals surface area contributed by atoms with Gasteiger partial charge in [0.15, 0.2) is 6.19 Å². The number of rotatable bonds is 7. The average molecular weight is 662 g/mol. The number of hydrogen-bond donors (Lipinski definition) is 4. The van der Waals surface area contributed by atoms with Gasteiger partial charge in [-0.15, -0.1) is 11.3 Å². The number of nitrogens with one attached hydrogen (secondary N) is 3. The first-order chi connectivity index (χ1) is 21.0. The van der Waals surface area contributed by atoms with Crippen molar-refractivity contribution in [2.45, 2.75) is 38.5 Å². The van der Waals surface area contributed by atoms with Gasteiger partial charge in [0.05, 0.1) is 50.0 Å². The molecule has 44 heavy (non-hydrogen) atoms. The van der Waals surface area contributed by atoms with Gasteiger partial charge in [0.25, 0.3) is 11.8 Å². The molecular weight excluding hydrogens is 635 g/mol. The van der Waals surface area contributed by atoms with Gasteiger partial charge in [-0.25, -0.2) is 9.79 Å². The summed E-state index contributed by atoms with van der Waals surface area (Å²) in [6.07, 6.45) is 3.90. The Hall–Kier alpha value is -4.39. The molecule has 14 nitrogen and oxygen atoms in total. The molecule has 0 unspecified atom stereocenters. The molecule has 0 aliphatic carbocycles. The number of thiophene rings is 1. The Morgan fingerprint density at radius 2 is 2.09 bits per heavy atom. The predicted molar refractivity (Wildman–Crippen MR) is 161 cm³/mol. The van der Waals surface area contributed by atoms with Crippen molar-refractivity contribution in [3.8, 4) is 6.19 Å². The molecule has 2 atom stereocenters. The number of nitrogens with zero attached hydrogens (tertiary/aromatic N) is 5. The van der Waals surface area contributed by atoms with E-state index in [1.165, 1.54) is 18.3 Å². The number of guanidine groups is 1. The summed E-state index contributed by atoms with van der Waals surface area (Å²) in [6, 6.07) is 1.84. The average Bonchev–Trinajstić information content (AvgIpc) is 3.70. The monoisotopic (exact) mass is 660 g/mol. The second-order valence-electron chi connectivity index (χ2n) is 10.2. The number of aliphatic imine (C=N–C) groups is 1. The lowest BCUT2D eigenvalue weighted by molar-refractivity contribution is -0.145. The van der Waals surface area contributed by atoms with Gasteiger partial charge in [0.1, 0.15) is 12.1 Å². The van der Waals surface area contributed by atoms with Crippen LogP contribution in [0.1, 0.15) is 44.5 Å². The van der Waals surface area contributed by atoms with Gasteiger partial charge in [0, 0.05) is 33.0 Å². The third-order valence-electron chi connectivity index (χ3n) is 7.23. The first-order valence-corrected chi connectivity index (χ1v) is 15.0. The number of hydrogen-bond acceptors (Lipinski definition) is 9. The number of aromatic nitrogens is 2. The number of likely N-dealkylation sites (tertiary alicyclic amines) is 1. The minimum Gasteiger partial charge on any atom is -0.480 e. The van der Waals surface area contributed by atoms with Crippen LogP contribution in [0.25, 0.3) is 10.2 Å². The molecule has 0 radical (unpaired) electrons. The molecule has 2 aliphatic heterocycles. The van der Waals surface area contributed by atoms with Gasteiger partial charge in [-0.3, -0.25) is 24.8 Å². The molecule has 0 bridgehead atoms. The zero-order chi connectivity index (χ0) is 31.5. The van der Waals surface area contributed by atoms with E-state index in [1.54, 1.807) is 34.3 Å². The number of aliphatic carboxylic acids is 1. The lowest BCUT2D eigenvalue weighted by atomic mass is 9.96. The summed E-state index contributed by atoms with van der Waals surface area (Å²) < 4.78 is 6.07. The van der Waals surface area contributed by atoms with Crippen molar-refractivity contribution in [3.63, 3.8) is 0 Å². The second-order valence-corrected chi connectivity index (χ2v) is 12.0. The lowest BCUT2D eigenvalue weighted by Gasteiger charge is -2.30. The first kappa shape index (κ1) is 31.0. The molecule has 0 spiro atoms. The van der Waals surface area contributed by atoms with Gasteiger partial charge >= 0.3 is 11.9 Å². The minimum atomic E-state index is -1.48. The van der Waals surface area contributed by atoms with E-state index in [2.05, 4.69) is 25.8 Å². The molecule has 1 aromatic carbocycles. The van der Waals surface area contributed by atoms with Crippen molar-refractivity contribution in [2.75, 3.05) is 26.2 Å². The van der Waals surface area contributed by atoms with E-state index in [0.29, 0.717) is 41.9 Å². The Balaban J connectivity index is 1.28. The highest BCUT2D eigenvalue weighted by molar-refractivity contribution is 7.20. The van der Waals surface area contributed by atoms with Crippen molar-refractivity contribution >= 4 is 74.5 Å². The van der Waals surface area contributed by atoms with E-state index in [1.807, 2.05) is 0 Å². The van der Waals surface area contributed by atoms with Crippen LogP contribution < -0.4 is 10.6 Å². The van der Waals surface area contributed by atoms with Crippen molar-refractivity contribution in [1.82, 2.24) is 30.6 Å². The number of carboxylic acid groups (broad SMARTS) is 1. The number of fused-ring (bicyclic) bond motifs is 2. The largest absolute Gasteiger partial charge is 0.480 e. The molecule has 1 fully saturated rings. The van der Waals surface area contributed by atoms with E-state index in [0.717, 1.165) is 10.2 Å². The van der Waals surface area contributed by atoms with E-state index >= 15 is 0 Å². The second kappa shape index (κ2) is 13.1. The number of carboxylic acids is 1. The normalized spacial score (nSPS) is 17.1. The Kier molecular flexibility index (Phi) is 9.23. The molecule has 4 heterocycles. The fraction of sp³-hybridized carbons (Fsp3) is 0.370. The molecule has 0 saturated carbocycles. The summed E-state index contributed by atoms with van der Waals surface area (Å²) in [5, 5.41) is 30.7. The highest BCUT2D eigenvalue weighted by Crippen LogP contribution is 2.35. The molecule has 2 aromatic heterocycles. The number of benzene rings is 1. The number of carbonyl (C=O) groups is 4. The summed E-state index contributed by atoms with van der Waals surface area (Å²) >= 11 is 14.5. The SMILES string of the molecule is CC(=O)O[C@H]1CCN(C(=NC[C@H](NC(=O)c2c(Cl)cc3c(c2Cl)CCN(C(=O)c2cc4[nH]ncc4s2)C3)C(=O)O)NC#N)C1. The van der Waals surface area contributed by atoms with Crippen LogP contribution in [0.2, 0.25) is 10.0 Å². The van der Waals surface area contributed by atoms with E-state index in [4.69, 9.17) is 33.2 Å². The molecule has 1 saturated heterocycles. The van der Waals surface area contributed by atoms with Crippen LogP contribution >= 0.6 is 34.5 Å². The van der Waals surface area contributed by atoms with Crippen LogP contribution in [0.5, 0.6) is 0 Å². The van der Waals surface area contributed by atoms with Crippen LogP contribution in [-0.4, -0.2) is 93.1 Å². The van der Waals surface area contributed by atoms with Crippen molar-refractivity contribution in [3.05, 3.63) is 49.9 Å². The number of carbonyl (C=O) groups excluding carboxylic acids is 3. The Bertz CT molecular complexity index is 1690. The molecule has 230 valence electrons. The van der Waals surface area contributed by atoms with Crippen LogP contribution in [0.15, 0.2) is 23.3 Å². The van der Waals surface area contributed by atoms with Crippen LogP contribution in [0.4, 0.5) is 0 Å². The summed E-state index contributed by atoms with van der Waals surface area (Å²) in [7, 11) is 0. The number of esters is 1. The number of amides is 2. The minimum absolute atomic E-state index is 0.00381. The number of H-pyrrole nitrogens is 1. The number of ether oxygens (including phenoxy) is 1. The Labute approximate surface area is 264 Å². The lowest BCUT2D eigenvalue weighted by Crippen LogP contribution is -2.45. The maximum absolute atomic E-state index is 13.3. The molecule has 4 N–H and O–H groups in total. The third-order valence-corrected chi connectivity index (χ3v) is 9.00. The number of nitriles is 1. The fourth-order valence-corrected chi connectivity index (χ4v) is 6.87. The van der Waals surface area contributed by atoms with Gasteiger partial charge in [0.2, 0.25) is 5.96 Å². The van der Waals surface area contributed by atoms with Gasteiger partial charge < -0.3 is 25.0 Å². The standard InChI is InChI=1S/C27H26Cl2N8O6S/c1-13(38)43-15-2-4-37(11-15)27(32-12-30)31-8-19(26(41)42)34-24(39)22-17(28)6-14-10-36(5-3-16(14)23(22)29)25(40)20-7-18-21(44-20)9-33-35-18/h6-7,9,15,19H,2-5,8,10-11H2,1H3,(H,31,32)(H,33,35)(H,34,39)(H,41,42)/t15-,19-/m0/s1. The maximum atomic E-state index is 13.3. The molecule has 2 aliphatic rings. The zero-order valence-corrected chi connectivity index (χ0v) is 25.6. The van der Waals surface area contributed by atoms with Crippen LogP contribution in [-0.2, 0) is 27.3 Å². The molecular formula is C27H26Cl2N8O6S. The zero-order valence-electron chi connectivity index (χ0n) is 23.2. The quantitative estimate of drug-likeness (QED) is 0.0961. The first-order valence-electron chi connectivity index (χ1n) is 13.4. The molecule has 17 heteroatoms. The molecule has 5 rings (SSSR count). The predicted octanol–water partition coefficient (Wildman–Crippen LogP) is 2.38. The van der Waals surface area contributed by atoms with E-state index < -0.39 is 36.5 Å². The van der Waals surface area contributed by atoms with E-state index in [9.17, 15) is 24.3 Å². The van der Waals surface area contributed by atoms with Crippen LogP contribution in [0.3, 0.4) is 0 Å². The highest BCUT2D eigenvalue weighted by Gasteiger charge is 2.31. The van der Waals surface area contributed by atoms with E-state index in [-0.39, 0.29) is 40.6 Å². The Morgan fingerprint density at radius 1 is 1.30 bits per heavy atom. The summed E-state index contributed by atoms with van der Waals surface area (Å²) in [4.78, 5) is 57.9. The van der Waals surface area contributed by atoms with Crippen molar-refractivity contribution in [1.29, 1.82) is 5.26 Å². The van der Waals surface area contributed by atoms with Crippen LogP contribution in [0, 0.1) is 11.5 Å². The van der Waals surface area contributed by atoms with Gasteiger partial charge in [-0.1, -0.05) is 23.2 Å².